The molecule has 0 spiro atoms. The van der Waals surface area contributed by atoms with E-state index >= 15 is 0 Å². The van der Waals surface area contributed by atoms with Crippen molar-refractivity contribution in [1.82, 2.24) is 4.90 Å². The van der Waals surface area contributed by atoms with Gasteiger partial charge >= 0.3 is 6.09 Å². The van der Waals surface area contributed by atoms with Gasteiger partial charge in [-0.1, -0.05) is 46.9 Å². The number of anilines is 1. The Bertz CT molecular complexity index is 848. The highest BCUT2D eigenvalue weighted by Crippen LogP contribution is 2.40. The Balaban J connectivity index is 2.07. The van der Waals surface area contributed by atoms with Gasteiger partial charge < -0.3 is 20.3 Å². The summed E-state index contributed by atoms with van der Waals surface area (Å²) in [5.41, 5.74) is 7.82. The lowest BCUT2D eigenvalue weighted by molar-refractivity contribution is 0.0723. The molecule has 0 saturated carbocycles. The third-order valence-corrected chi connectivity index (χ3v) is 5.87. The number of amides is 1. The van der Waals surface area contributed by atoms with E-state index in [0.29, 0.717) is 47.7 Å². The van der Waals surface area contributed by atoms with Gasteiger partial charge in [-0.2, -0.15) is 0 Å². The van der Waals surface area contributed by atoms with Crippen molar-refractivity contribution in [2.24, 2.45) is 5.73 Å². The van der Waals surface area contributed by atoms with Gasteiger partial charge in [0.25, 0.3) is 0 Å². The number of nitrogens with zero attached hydrogens (tertiary/aromatic N) is 2. The minimum absolute atomic E-state index is 0.160. The van der Waals surface area contributed by atoms with Crippen LogP contribution in [0.25, 0.3) is 0 Å². The first-order valence-electron chi connectivity index (χ1n) is 9.56. The van der Waals surface area contributed by atoms with Crippen LogP contribution < -0.4 is 10.6 Å². The monoisotopic (exact) mass is 455 g/mol. The molecule has 3 rings (SSSR count). The zero-order valence-corrected chi connectivity index (χ0v) is 18.4. The zero-order chi connectivity index (χ0) is 21.0. The summed E-state index contributed by atoms with van der Waals surface area (Å²) >= 11 is 18.7. The topological polar surface area (TPSA) is 58.8 Å². The predicted molar refractivity (Wildman–Crippen MR) is 119 cm³/mol. The van der Waals surface area contributed by atoms with Crippen LogP contribution >= 0.6 is 34.8 Å². The molecule has 0 bridgehead atoms. The second-order valence-electron chi connectivity index (χ2n) is 6.82. The number of benzene rings is 2. The second-order valence-corrected chi connectivity index (χ2v) is 8.10. The van der Waals surface area contributed by atoms with Crippen molar-refractivity contribution in [2.75, 3.05) is 31.1 Å². The van der Waals surface area contributed by atoms with Crippen LogP contribution in [0.1, 0.15) is 24.9 Å². The molecule has 2 aromatic carbocycles. The molecule has 0 aliphatic carbocycles. The summed E-state index contributed by atoms with van der Waals surface area (Å²) in [4.78, 5) is 16.6. The van der Waals surface area contributed by atoms with E-state index in [2.05, 4.69) is 4.90 Å². The van der Waals surface area contributed by atoms with E-state index in [4.69, 9.17) is 45.3 Å². The summed E-state index contributed by atoms with van der Waals surface area (Å²) in [5, 5.41) is 1.79. The number of nitrogens with two attached hydrogens (primary N) is 1. The molecule has 1 saturated heterocycles. The molecular formula is C21H24Cl3N3O2. The van der Waals surface area contributed by atoms with Gasteiger partial charge in [0.15, 0.2) is 0 Å². The molecule has 1 amide bonds. The van der Waals surface area contributed by atoms with Crippen LogP contribution in [0.2, 0.25) is 15.1 Å². The van der Waals surface area contributed by atoms with Crippen molar-refractivity contribution in [3.05, 3.63) is 63.1 Å². The maximum absolute atomic E-state index is 12.6. The number of carbonyl (C=O) groups is 1. The number of rotatable bonds is 5. The third kappa shape index (κ3) is 4.92. The molecule has 2 aromatic rings. The molecule has 8 heteroatoms. The summed E-state index contributed by atoms with van der Waals surface area (Å²) in [6, 6.07) is 12.8. The Labute approximate surface area is 186 Å². The van der Waals surface area contributed by atoms with E-state index in [0.717, 1.165) is 11.3 Å². The third-order valence-electron chi connectivity index (χ3n) is 5.08. The van der Waals surface area contributed by atoms with Crippen molar-refractivity contribution in [3.8, 4) is 0 Å². The molecular weight excluding hydrogens is 433 g/mol. The predicted octanol–water partition coefficient (Wildman–Crippen LogP) is 5.38. The summed E-state index contributed by atoms with van der Waals surface area (Å²) in [7, 11) is 0. The fourth-order valence-electron chi connectivity index (χ4n) is 3.86. The lowest BCUT2D eigenvalue weighted by atomic mass is 9.91. The average Bonchev–Trinajstić information content (AvgIpc) is 2.69. The Morgan fingerprint density at radius 2 is 1.79 bits per heavy atom. The Morgan fingerprint density at radius 3 is 2.41 bits per heavy atom. The maximum Gasteiger partial charge on any atom is 0.410 e. The number of hydrogen-bond acceptors (Lipinski definition) is 4. The van der Waals surface area contributed by atoms with E-state index in [1.165, 1.54) is 0 Å². The molecule has 1 heterocycles. The fourth-order valence-corrected chi connectivity index (χ4v) is 4.51. The van der Waals surface area contributed by atoms with Crippen molar-refractivity contribution < 1.29 is 9.53 Å². The van der Waals surface area contributed by atoms with Crippen molar-refractivity contribution in [3.63, 3.8) is 0 Å². The Kier molecular flexibility index (Phi) is 7.52. The molecule has 29 heavy (non-hydrogen) atoms. The van der Waals surface area contributed by atoms with E-state index in [1.54, 1.807) is 17.9 Å². The summed E-state index contributed by atoms with van der Waals surface area (Å²) in [5.74, 6) is 0. The van der Waals surface area contributed by atoms with Gasteiger partial charge in [0, 0.05) is 23.1 Å². The highest BCUT2D eigenvalue weighted by molar-refractivity contribution is 6.36. The maximum atomic E-state index is 12.6. The molecule has 1 fully saturated rings. The summed E-state index contributed by atoms with van der Waals surface area (Å²) in [6.07, 6.45) is 0.292. The molecule has 156 valence electrons. The second kappa shape index (κ2) is 9.90. The summed E-state index contributed by atoms with van der Waals surface area (Å²) in [6.45, 7) is 3.66. The number of halogens is 3. The number of carbonyl (C=O) groups excluding carboxylic acids is 1. The van der Waals surface area contributed by atoms with Gasteiger partial charge in [-0.15, -0.1) is 0 Å². The molecule has 0 aromatic heterocycles. The van der Waals surface area contributed by atoms with Gasteiger partial charge in [-0.05, 0) is 55.8 Å². The molecule has 0 unspecified atom stereocenters. The Morgan fingerprint density at radius 1 is 1.10 bits per heavy atom. The normalized spacial score (nSPS) is 19.3. The SMILES string of the molecule is CCOC(=O)N1CCN(c2ccc(Cl)cc2Cl)[C@@H](c2ccc(Cl)cc2)[C@H]1CCN. The quantitative estimate of drug-likeness (QED) is 0.656. The fraction of sp³-hybridized carbons (Fsp3) is 0.381. The van der Waals surface area contributed by atoms with Gasteiger partial charge in [0.1, 0.15) is 0 Å². The highest BCUT2D eigenvalue weighted by Gasteiger charge is 2.40. The van der Waals surface area contributed by atoms with Crippen LogP contribution in [0.15, 0.2) is 42.5 Å². The number of hydrogen-bond donors (Lipinski definition) is 1. The smallest absolute Gasteiger partial charge is 0.410 e. The van der Waals surface area contributed by atoms with E-state index in [1.807, 2.05) is 36.4 Å². The first-order chi connectivity index (χ1) is 14.0. The first-order valence-corrected chi connectivity index (χ1v) is 10.7. The minimum Gasteiger partial charge on any atom is -0.450 e. The standard InChI is InChI=1S/C21H24Cl3N3O2/c1-2-29-21(28)27-12-11-26(18-8-7-16(23)13-17(18)24)20(19(27)9-10-25)14-3-5-15(22)6-4-14/h3-8,13,19-20H,2,9-12,25H2,1H3/t19-,20+/m1/s1. The van der Waals surface area contributed by atoms with E-state index in [-0.39, 0.29) is 18.2 Å². The van der Waals surface area contributed by atoms with Gasteiger partial charge in [-0.3, -0.25) is 0 Å². The lowest BCUT2D eigenvalue weighted by Gasteiger charge is -2.48. The van der Waals surface area contributed by atoms with Crippen molar-refractivity contribution in [1.29, 1.82) is 0 Å². The minimum atomic E-state index is -0.327. The largest absolute Gasteiger partial charge is 0.450 e. The van der Waals surface area contributed by atoms with Crippen LogP contribution in [0.4, 0.5) is 10.5 Å². The van der Waals surface area contributed by atoms with Crippen molar-refractivity contribution >= 4 is 46.6 Å². The van der Waals surface area contributed by atoms with Crippen LogP contribution in [-0.4, -0.2) is 43.3 Å². The summed E-state index contributed by atoms with van der Waals surface area (Å²) < 4.78 is 5.30. The van der Waals surface area contributed by atoms with Crippen molar-refractivity contribution in [2.45, 2.75) is 25.4 Å². The highest BCUT2D eigenvalue weighted by atomic mass is 35.5. The van der Waals surface area contributed by atoms with Gasteiger partial charge in [-0.25, -0.2) is 4.79 Å². The number of ether oxygens (including phenoxy) is 1. The molecule has 0 radical (unpaired) electrons. The van der Waals surface area contributed by atoms with E-state index in [9.17, 15) is 4.79 Å². The van der Waals surface area contributed by atoms with Gasteiger partial charge in [0.05, 0.1) is 29.4 Å². The van der Waals surface area contributed by atoms with Crippen LogP contribution in [0.5, 0.6) is 0 Å². The molecule has 5 nitrogen and oxygen atoms in total. The van der Waals surface area contributed by atoms with Crippen LogP contribution in [0, 0.1) is 0 Å². The number of piperazine rings is 1. The van der Waals surface area contributed by atoms with E-state index < -0.39 is 0 Å². The molecule has 1 aliphatic heterocycles. The average molecular weight is 457 g/mol. The van der Waals surface area contributed by atoms with Crippen LogP contribution in [-0.2, 0) is 4.74 Å². The molecule has 2 atom stereocenters. The molecule has 2 N–H and O–H groups in total. The van der Waals surface area contributed by atoms with Crippen LogP contribution in [0.3, 0.4) is 0 Å². The first kappa shape index (κ1) is 22.0. The zero-order valence-electron chi connectivity index (χ0n) is 16.2. The van der Waals surface area contributed by atoms with Gasteiger partial charge in [0.2, 0.25) is 0 Å². The Hall–Kier alpha value is -1.66. The molecule has 1 aliphatic rings. The lowest BCUT2D eigenvalue weighted by Crippen LogP contribution is -2.57.